The van der Waals surface area contributed by atoms with E-state index in [0.29, 0.717) is 0 Å². The number of nitrogens with zero attached hydrogens (tertiary/aromatic N) is 3. The molecule has 0 spiro atoms. The van der Waals surface area contributed by atoms with Crippen molar-refractivity contribution in [3.8, 4) is 0 Å². The smallest absolute Gasteiger partial charge is 0.436 e. The van der Waals surface area contributed by atoms with E-state index in [0.717, 1.165) is 15.9 Å². The maximum absolute atomic E-state index is 11.7. The average Bonchev–Trinajstić information content (AvgIpc) is 2.87. The Morgan fingerprint density at radius 3 is 2.67 bits per heavy atom. The van der Waals surface area contributed by atoms with Gasteiger partial charge in [-0.1, -0.05) is 49.4 Å². The van der Waals surface area contributed by atoms with Gasteiger partial charge in [-0.25, -0.2) is 4.79 Å². The molecule has 1 heterocycles. The van der Waals surface area contributed by atoms with Crippen LogP contribution in [-0.2, 0) is 11.3 Å². The van der Waals surface area contributed by atoms with E-state index in [2.05, 4.69) is 10.3 Å². The molecule has 5 heteroatoms. The maximum atomic E-state index is 11.7. The van der Waals surface area contributed by atoms with Crippen LogP contribution in [0.2, 0.25) is 0 Å². The standard InChI is InChI=1S/C13H15N3O2/c1-10(2)12-8-16(15-14-12)13(17)18-9-11-6-4-3-5-7-11/h3-8,10H,9H2,1-2H3. The van der Waals surface area contributed by atoms with Gasteiger partial charge >= 0.3 is 6.09 Å². The molecule has 18 heavy (non-hydrogen) atoms. The van der Waals surface area contributed by atoms with Gasteiger partial charge in [0.05, 0.1) is 11.9 Å². The Morgan fingerprint density at radius 2 is 2.06 bits per heavy atom. The maximum Gasteiger partial charge on any atom is 0.436 e. The van der Waals surface area contributed by atoms with Crippen LogP contribution < -0.4 is 0 Å². The second kappa shape index (κ2) is 5.44. The number of benzene rings is 1. The summed E-state index contributed by atoms with van der Waals surface area (Å²) in [6, 6.07) is 9.50. The zero-order valence-corrected chi connectivity index (χ0v) is 10.4. The van der Waals surface area contributed by atoms with Crippen LogP contribution in [0.3, 0.4) is 0 Å². The molecule has 0 amide bonds. The molecule has 1 aromatic heterocycles. The highest BCUT2D eigenvalue weighted by molar-refractivity contribution is 5.69. The van der Waals surface area contributed by atoms with Crippen LogP contribution in [0.15, 0.2) is 36.5 Å². The Hall–Kier alpha value is -2.17. The Bertz CT molecular complexity index is 520. The number of carbonyl (C=O) groups excluding carboxylic acids is 1. The molecule has 0 aliphatic rings. The summed E-state index contributed by atoms with van der Waals surface area (Å²) >= 11 is 0. The Morgan fingerprint density at radius 1 is 1.33 bits per heavy atom. The van der Waals surface area contributed by atoms with Crippen molar-refractivity contribution in [2.24, 2.45) is 0 Å². The monoisotopic (exact) mass is 245 g/mol. The van der Waals surface area contributed by atoms with Crippen LogP contribution in [-0.4, -0.2) is 21.1 Å². The number of ether oxygens (including phenoxy) is 1. The average molecular weight is 245 g/mol. The quantitative estimate of drug-likeness (QED) is 0.834. The number of rotatable bonds is 3. The fourth-order valence-corrected chi connectivity index (χ4v) is 1.42. The second-order valence-corrected chi connectivity index (χ2v) is 4.28. The van der Waals surface area contributed by atoms with E-state index in [1.807, 2.05) is 44.2 Å². The summed E-state index contributed by atoms with van der Waals surface area (Å²) in [6.07, 6.45) is 1.08. The van der Waals surface area contributed by atoms with Gasteiger partial charge in [-0.2, -0.15) is 4.68 Å². The lowest BCUT2D eigenvalue weighted by Gasteiger charge is -2.03. The van der Waals surface area contributed by atoms with Crippen LogP contribution in [0.5, 0.6) is 0 Å². The van der Waals surface area contributed by atoms with Crippen molar-refractivity contribution in [3.05, 3.63) is 47.8 Å². The summed E-state index contributed by atoms with van der Waals surface area (Å²) < 4.78 is 6.25. The van der Waals surface area contributed by atoms with Crippen LogP contribution in [0.1, 0.15) is 31.0 Å². The van der Waals surface area contributed by atoms with Gasteiger partial charge < -0.3 is 4.74 Å². The second-order valence-electron chi connectivity index (χ2n) is 4.28. The zero-order valence-electron chi connectivity index (χ0n) is 10.4. The third-order valence-corrected chi connectivity index (χ3v) is 2.49. The van der Waals surface area contributed by atoms with Gasteiger partial charge in [0, 0.05) is 0 Å². The lowest BCUT2D eigenvalue weighted by Crippen LogP contribution is -2.14. The van der Waals surface area contributed by atoms with Gasteiger partial charge in [0.2, 0.25) is 0 Å². The van der Waals surface area contributed by atoms with Gasteiger partial charge in [-0.15, -0.1) is 5.10 Å². The number of carbonyl (C=O) groups is 1. The van der Waals surface area contributed by atoms with Crippen LogP contribution in [0.25, 0.3) is 0 Å². The molecule has 2 aromatic rings. The molecule has 0 aliphatic heterocycles. The summed E-state index contributed by atoms with van der Waals surface area (Å²) in [7, 11) is 0. The highest BCUT2D eigenvalue weighted by Gasteiger charge is 2.11. The molecular weight excluding hydrogens is 230 g/mol. The Balaban J connectivity index is 1.95. The Labute approximate surface area is 105 Å². The molecule has 0 fully saturated rings. The predicted octanol–water partition coefficient (Wildman–Crippen LogP) is 2.59. The third kappa shape index (κ3) is 2.94. The first-order valence-corrected chi connectivity index (χ1v) is 5.80. The van der Waals surface area contributed by atoms with Crippen molar-refractivity contribution in [2.75, 3.05) is 0 Å². The van der Waals surface area contributed by atoms with Crippen LogP contribution in [0, 0.1) is 0 Å². The molecule has 2 rings (SSSR count). The number of aromatic nitrogens is 3. The summed E-state index contributed by atoms with van der Waals surface area (Å²) in [4.78, 5) is 11.7. The highest BCUT2D eigenvalue weighted by Crippen LogP contribution is 2.09. The van der Waals surface area contributed by atoms with Crippen molar-refractivity contribution in [3.63, 3.8) is 0 Å². The minimum absolute atomic E-state index is 0.233. The van der Waals surface area contributed by atoms with Crippen molar-refractivity contribution in [1.82, 2.24) is 15.0 Å². The fraction of sp³-hybridized carbons (Fsp3) is 0.308. The van der Waals surface area contributed by atoms with E-state index >= 15 is 0 Å². The van der Waals surface area contributed by atoms with E-state index in [1.54, 1.807) is 6.20 Å². The zero-order chi connectivity index (χ0) is 13.0. The fourth-order valence-electron chi connectivity index (χ4n) is 1.42. The van der Waals surface area contributed by atoms with Crippen molar-refractivity contribution >= 4 is 6.09 Å². The first-order valence-electron chi connectivity index (χ1n) is 5.80. The molecule has 5 nitrogen and oxygen atoms in total. The molecule has 94 valence electrons. The van der Waals surface area contributed by atoms with E-state index in [-0.39, 0.29) is 12.5 Å². The van der Waals surface area contributed by atoms with Gasteiger partial charge in [0.25, 0.3) is 0 Å². The minimum atomic E-state index is -0.516. The van der Waals surface area contributed by atoms with Crippen molar-refractivity contribution in [2.45, 2.75) is 26.4 Å². The first kappa shape index (κ1) is 12.3. The molecule has 0 unspecified atom stereocenters. The molecule has 0 aliphatic carbocycles. The molecule has 0 N–H and O–H groups in total. The normalized spacial score (nSPS) is 10.6. The summed E-state index contributed by atoms with van der Waals surface area (Å²) in [5, 5.41) is 7.65. The van der Waals surface area contributed by atoms with Crippen LogP contribution in [0.4, 0.5) is 4.79 Å². The number of hydrogen-bond acceptors (Lipinski definition) is 4. The summed E-state index contributed by atoms with van der Waals surface area (Å²) in [6.45, 7) is 4.21. The first-order chi connectivity index (χ1) is 8.66. The van der Waals surface area contributed by atoms with E-state index in [1.165, 1.54) is 0 Å². The lowest BCUT2D eigenvalue weighted by molar-refractivity contribution is 0.137. The van der Waals surface area contributed by atoms with Crippen LogP contribution >= 0.6 is 0 Å². The molecule has 0 bridgehead atoms. The van der Waals surface area contributed by atoms with E-state index < -0.39 is 6.09 Å². The lowest BCUT2D eigenvalue weighted by atomic mass is 10.2. The molecule has 0 radical (unpaired) electrons. The highest BCUT2D eigenvalue weighted by atomic mass is 16.6. The van der Waals surface area contributed by atoms with Crippen molar-refractivity contribution in [1.29, 1.82) is 0 Å². The Kier molecular flexibility index (Phi) is 3.72. The predicted molar refractivity (Wildman–Crippen MR) is 66.1 cm³/mol. The number of hydrogen-bond donors (Lipinski definition) is 0. The molecule has 0 atom stereocenters. The summed E-state index contributed by atoms with van der Waals surface area (Å²) in [5.41, 5.74) is 1.71. The van der Waals surface area contributed by atoms with Crippen molar-refractivity contribution < 1.29 is 9.53 Å². The third-order valence-electron chi connectivity index (χ3n) is 2.49. The largest absolute Gasteiger partial charge is 0.443 e. The minimum Gasteiger partial charge on any atom is -0.443 e. The molecule has 1 aromatic carbocycles. The van der Waals surface area contributed by atoms with E-state index in [9.17, 15) is 4.79 Å². The molecular formula is C13H15N3O2. The topological polar surface area (TPSA) is 57.0 Å². The van der Waals surface area contributed by atoms with Gasteiger partial charge in [0.15, 0.2) is 0 Å². The molecule has 0 saturated heterocycles. The van der Waals surface area contributed by atoms with Gasteiger partial charge in [0.1, 0.15) is 6.61 Å². The SMILES string of the molecule is CC(C)c1cn(C(=O)OCc2ccccc2)nn1. The summed E-state index contributed by atoms with van der Waals surface area (Å²) in [5.74, 6) is 0.237. The van der Waals surface area contributed by atoms with Gasteiger partial charge in [-0.05, 0) is 11.5 Å². The van der Waals surface area contributed by atoms with E-state index in [4.69, 9.17) is 4.74 Å². The van der Waals surface area contributed by atoms with Gasteiger partial charge in [-0.3, -0.25) is 0 Å². The molecule has 0 saturated carbocycles.